The molecule has 0 bridgehead atoms. The van der Waals surface area contributed by atoms with Gasteiger partial charge in [0.2, 0.25) is 17.7 Å². The second kappa shape index (κ2) is 8.12. The van der Waals surface area contributed by atoms with Gasteiger partial charge >= 0.3 is 0 Å². The summed E-state index contributed by atoms with van der Waals surface area (Å²) < 4.78 is 19.7. The van der Waals surface area contributed by atoms with E-state index >= 15 is 0 Å². The molecule has 2 heterocycles. The van der Waals surface area contributed by atoms with Crippen LogP contribution in [0.1, 0.15) is 38.6 Å². The SMILES string of the molecule is CCN1CC(=O)N(Cc2nc(-c3ccccc3F)oc2C)[C@@H](CC(C)C)C1=O. The van der Waals surface area contributed by atoms with E-state index in [0.29, 0.717) is 24.4 Å². The number of benzene rings is 1. The number of halogens is 1. The molecule has 1 fully saturated rings. The molecule has 1 aromatic heterocycles. The van der Waals surface area contributed by atoms with E-state index in [4.69, 9.17) is 4.42 Å². The Balaban J connectivity index is 1.89. The van der Waals surface area contributed by atoms with Gasteiger partial charge < -0.3 is 14.2 Å². The van der Waals surface area contributed by atoms with Crippen LogP contribution in [0.5, 0.6) is 0 Å². The smallest absolute Gasteiger partial charge is 0.245 e. The van der Waals surface area contributed by atoms with Crippen LogP contribution in [-0.4, -0.2) is 45.7 Å². The van der Waals surface area contributed by atoms with Crippen LogP contribution in [0.2, 0.25) is 0 Å². The number of oxazole rings is 1. The van der Waals surface area contributed by atoms with Gasteiger partial charge in [-0.3, -0.25) is 9.59 Å². The maximum Gasteiger partial charge on any atom is 0.245 e. The van der Waals surface area contributed by atoms with E-state index in [1.165, 1.54) is 6.07 Å². The topological polar surface area (TPSA) is 66.7 Å². The van der Waals surface area contributed by atoms with Gasteiger partial charge in [0.05, 0.1) is 18.7 Å². The molecule has 1 aromatic carbocycles. The summed E-state index contributed by atoms with van der Waals surface area (Å²) in [6.07, 6.45) is 0.581. The van der Waals surface area contributed by atoms with Crippen LogP contribution in [-0.2, 0) is 16.1 Å². The third-order valence-electron chi connectivity index (χ3n) is 5.01. The quantitative estimate of drug-likeness (QED) is 0.762. The van der Waals surface area contributed by atoms with Crippen LogP contribution in [0.4, 0.5) is 4.39 Å². The van der Waals surface area contributed by atoms with Gasteiger partial charge in [0.25, 0.3) is 0 Å². The Labute approximate surface area is 164 Å². The molecule has 1 aliphatic rings. The Hall–Kier alpha value is -2.70. The van der Waals surface area contributed by atoms with Crippen molar-refractivity contribution in [2.75, 3.05) is 13.1 Å². The Morgan fingerprint density at radius 3 is 2.64 bits per heavy atom. The van der Waals surface area contributed by atoms with Crippen molar-refractivity contribution in [1.29, 1.82) is 0 Å². The number of carbonyl (C=O) groups excluding carboxylic acids is 2. The van der Waals surface area contributed by atoms with Crippen LogP contribution in [0, 0.1) is 18.7 Å². The lowest BCUT2D eigenvalue weighted by molar-refractivity contribution is -0.157. The van der Waals surface area contributed by atoms with Crippen LogP contribution < -0.4 is 0 Å². The summed E-state index contributed by atoms with van der Waals surface area (Å²) in [6, 6.07) is 5.74. The van der Waals surface area contributed by atoms with Crippen LogP contribution in [0.3, 0.4) is 0 Å². The van der Waals surface area contributed by atoms with Crippen molar-refractivity contribution in [3.63, 3.8) is 0 Å². The van der Waals surface area contributed by atoms with E-state index in [9.17, 15) is 14.0 Å². The first-order valence-corrected chi connectivity index (χ1v) is 9.61. The molecular weight excluding hydrogens is 361 g/mol. The number of aryl methyl sites for hydroxylation is 1. The minimum absolute atomic E-state index is 0.0359. The highest BCUT2D eigenvalue weighted by Crippen LogP contribution is 2.27. The molecule has 0 saturated carbocycles. The van der Waals surface area contributed by atoms with Gasteiger partial charge in [-0.2, -0.15) is 0 Å². The van der Waals surface area contributed by atoms with E-state index in [2.05, 4.69) is 4.98 Å². The molecule has 6 nitrogen and oxygen atoms in total. The molecule has 0 unspecified atom stereocenters. The molecular formula is C21H26FN3O3. The summed E-state index contributed by atoms with van der Waals surface area (Å²) in [5, 5.41) is 0. The monoisotopic (exact) mass is 387 g/mol. The normalized spacial score (nSPS) is 17.7. The van der Waals surface area contributed by atoms with Gasteiger partial charge in [-0.15, -0.1) is 0 Å². The van der Waals surface area contributed by atoms with Gasteiger partial charge in [-0.1, -0.05) is 26.0 Å². The van der Waals surface area contributed by atoms with Crippen molar-refractivity contribution < 1.29 is 18.4 Å². The number of hydrogen-bond acceptors (Lipinski definition) is 4. The molecule has 2 aromatic rings. The summed E-state index contributed by atoms with van der Waals surface area (Å²) in [5.74, 6) is 0.383. The van der Waals surface area contributed by atoms with Crippen molar-refractivity contribution >= 4 is 11.8 Å². The van der Waals surface area contributed by atoms with Crippen molar-refractivity contribution in [3.8, 4) is 11.5 Å². The highest BCUT2D eigenvalue weighted by Gasteiger charge is 2.39. The van der Waals surface area contributed by atoms with E-state index < -0.39 is 11.9 Å². The first kappa shape index (κ1) is 20.0. The lowest BCUT2D eigenvalue weighted by Crippen LogP contribution is -2.59. The summed E-state index contributed by atoms with van der Waals surface area (Å²) in [7, 11) is 0. The molecule has 1 saturated heterocycles. The summed E-state index contributed by atoms with van der Waals surface area (Å²) in [4.78, 5) is 33.2. The van der Waals surface area contributed by atoms with Gasteiger partial charge in [-0.25, -0.2) is 9.37 Å². The van der Waals surface area contributed by atoms with Crippen molar-refractivity contribution in [2.45, 2.75) is 46.7 Å². The average molecular weight is 387 g/mol. The van der Waals surface area contributed by atoms with Crippen molar-refractivity contribution in [3.05, 3.63) is 41.5 Å². The second-order valence-electron chi connectivity index (χ2n) is 7.52. The number of rotatable bonds is 6. The average Bonchev–Trinajstić information content (AvgIpc) is 3.01. The predicted octanol–water partition coefficient (Wildman–Crippen LogP) is 3.39. The van der Waals surface area contributed by atoms with Crippen molar-refractivity contribution in [1.82, 2.24) is 14.8 Å². The molecule has 7 heteroatoms. The highest BCUT2D eigenvalue weighted by molar-refractivity contribution is 5.94. The van der Waals surface area contributed by atoms with Gasteiger partial charge in [-0.05, 0) is 38.3 Å². The lowest BCUT2D eigenvalue weighted by Gasteiger charge is -2.40. The highest BCUT2D eigenvalue weighted by atomic mass is 19.1. The standard InChI is InChI=1S/C21H26FN3O3/c1-5-24-12-19(26)25(18(21(24)27)10-13(2)3)11-17-14(4)28-20(23-17)15-8-6-7-9-16(15)22/h6-9,13,18H,5,10-12H2,1-4H3/t18-/m0/s1. The molecule has 3 rings (SSSR count). The zero-order valence-corrected chi connectivity index (χ0v) is 16.7. The summed E-state index contributed by atoms with van der Waals surface area (Å²) in [5.41, 5.74) is 0.812. The fourth-order valence-corrected chi connectivity index (χ4v) is 3.48. The minimum Gasteiger partial charge on any atom is -0.441 e. The maximum atomic E-state index is 14.1. The fourth-order valence-electron chi connectivity index (χ4n) is 3.48. The second-order valence-corrected chi connectivity index (χ2v) is 7.52. The van der Waals surface area contributed by atoms with E-state index in [1.807, 2.05) is 20.8 Å². The number of aromatic nitrogens is 1. The third kappa shape index (κ3) is 3.93. The lowest BCUT2D eigenvalue weighted by atomic mass is 9.98. The van der Waals surface area contributed by atoms with Gasteiger partial charge in [0.15, 0.2) is 0 Å². The van der Waals surface area contributed by atoms with E-state index in [0.717, 1.165) is 0 Å². The number of piperazine rings is 1. The largest absolute Gasteiger partial charge is 0.441 e. The van der Waals surface area contributed by atoms with Crippen LogP contribution >= 0.6 is 0 Å². The molecule has 0 N–H and O–H groups in total. The van der Waals surface area contributed by atoms with Gasteiger partial charge in [0.1, 0.15) is 23.3 Å². The van der Waals surface area contributed by atoms with Crippen LogP contribution in [0.15, 0.2) is 28.7 Å². The molecule has 1 aliphatic heterocycles. The number of carbonyl (C=O) groups is 2. The third-order valence-corrected chi connectivity index (χ3v) is 5.01. The molecule has 2 amide bonds. The molecule has 150 valence electrons. The first-order valence-electron chi connectivity index (χ1n) is 9.61. The molecule has 0 aliphatic carbocycles. The van der Waals surface area contributed by atoms with Crippen LogP contribution in [0.25, 0.3) is 11.5 Å². The zero-order valence-electron chi connectivity index (χ0n) is 16.7. The Bertz CT molecular complexity index is 878. The Kier molecular flexibility index (Phi) is 5.82. The number of hydrogen-bond donors (Lipinski definition) is 0. The number of amides is 2. The molecule has 28 heavy (non-hydrogen) atoms. The maximum absolute atomic E-state index is 14.1. The molecule has 0 spiro atoms. The van der Waals surface area contributed by atoms with Gasteiger partial charge in [0, 0.05) is 6.54 Å². The number of likely N-dealkylation sites (N-methyl/N-ethyl adjacent to an activating group) is 1. The first-order chi connectivity index (χ1) is 13.3. The fraction of sp³-hybridized carbons (Fsp3) is 0.476. The summed E-state index contributed by atoms with van der Waals surface area (Å²) in [6.45, 7) is 8.41. The Morgan fingerprint density at radius 1 is 1.29 bits per heavy atom. The summed E-state index contributed by atoms with van der Waals surface area (Å²) >= 11 is 0. The molecule has 1 atom stereocenters. The molecule has 0 radical (unpaired) electrons. The van der Waals surface area contributed by atoms with E-state index in [1.54, 1.807) is 34.9 Å². The minimum atomic E-state index is -0.519. The predicted molar refractivity (Wildman–Crippen MR) is 103 cm³/mol. The Morgan fingerprint density at radius 2 is 2.00 bits per heavy atom. The van der Waals surface area contributed by atoms with E-state index in [-0.39, 0.29) is 42.3 Å². The zero-order chi connectivity index (χ0) is 20.4. The van der Waals surface area contributed by atoms with Crippen molar-refractivity contribution in [2.24, 2.45) is 5.92 Å². The number of nitrogens with zero attached hydrogens (tertiary/aromatic N) is 3.